The van der Waals surface area contributed by atoms with Crippen molar-refractivity contribution in [3.63, 3.8) is 0 Å². The van der Waals surface area contributed by atoms with Crippen LogP contribution in [0.25, 0.3) is 5.69 Å². The first-order valence-corrected chi connectivity index (χ1v) is 7.83. The molecule has 3 aromatic rings. The number of rotatable bonds is 4. The Morgan fingerprint density at radius 1 is 1.09 bits per heavy atom. The minimum Gasteiger partial charge on any atom is -0.280 e. The van der Waals surface area contributed by atoms with Gasteiger partial charge in [-0.15, -0.1) is 0 Å². The summed E-state index contributed by atoms with van der Waals surface area (Å²) in [4.78, 5) is 16.5. The Balaban J connectivity index is 1.89. The number of aromatic nitrogens is 2. The Bertz CT molecular complexity index is 896. The van der Waals surface area contributed by atoms with Crippen LogP contribution in [0, 0.1) is 11.6 Å². The predicted molar refractivity (Wildman–Crippen MR) is 85.8 cm³/mol. The van der Waals surface area contributed by atoms with Gasteiger partial charge < -0.3 is 0 Å². The van der Waals surface area contributed by atoms with Gasteiger partial charge in [0.05, 0.1) is 5.69 Å². The molecule has 116 valence electrons. The lowest BCUT2D eigenvalue weighted by Crippen LogP contribution is -2.20. The molecule has 6 heteroatoms. The zero-order chi connectivity index (χ0) is 16.2. The third-order valence-electron chi connectivity index (χ3n) is 3.22. The molecule has 0 amide bonds. The lowest BCUT2D eigenvalue weighted by atomic mass is 10.2. The molecule has 3 rings (SSSR count). The van der Waals surface area contributed by atoms with E-state index in [4.69, 9.17) is 0 Å². The maximum absolute atomic E-state index is 13.6. The number of hydrogen-bond donors (Lipinski definition) is 0. The molecular formula is C17H12F2N2OS. The van der Waals surface area contributed by atoms with Crippen LogP contribution < -0.4 is 5.56 Å². The van der Waals surface area contributed by atoms with Crippen molar-refractivity contribution >= 4 is 11.8 Å². The van der Waals surface area contributed by atoms with Gasteiger partial charge in [0.15, 0.2) is 5.03 Å². The summed E-state index contributed by atoms with van der Waals surface area (Å²) in [5.74, 6) is -0.449. The molecule has 2 aromatic carbocycles. The van der Waals surface area contributed by atoms with Crippen molar-refractivity contribution in [2.75, 3.05) is 0 Å². The maximum Gasteiger partial charge on any atom is 0.287 e. The van der Waals surface area contributed by atoms with Crippen molar-refractivity contribution in [2.24, 2.45) is 0 Å². The van der Waals surface area contributed by atoms with E-state index in [1.165, 1.54) is 41.2 Å². The van der Waals surface area contributed by atoms with Crippen LogP contribution in [0.5, 0.6) is 0 Å². The molecule has 1 aromatic heterocycles. The highest BCUT2D eigenvalue weighted by molar-refractivity contribution is 7.98. The molecule has 1 heterocycles. The molecule has 0 saturated carbocycles. The van der Waals surface area contributed by atoms with E-state index in [9.17, 15) is 13.6 Å². The van der Waals surface area contributed by atoms with E-state index in [1.54, 1.807) is 24.3 Å². The van der Waals surface area contributed by atoms with E-state index in [2.05, 4.69) is 4.98 Å². The molecular weight excluding hydrogens is 318 g/mol. The molecule has 0 N–H and O–H groups in total. The van der Waals surface area contributed by atoms with Crippen LogP contribution in [0.2, 0.25) is 0 Å². The Labute approximate surface area is 135 Å². The molecule has 3 nitrogen and oxygen atoms in total. The van der Waals surface area contributed by atoms with Crippen LogP contribution in [-0.2, 0) is 5.75 Å². The number of nitrogens with zero attached hydrogens (tertiary/aromatic N) is 2. The summed E-state index contributed by atoms with van der Waals surface area (Å²) in [6, 6.07) is 12.1. The lowest BCUT2D eigenvalue weighted by molar-refractivity contribution is 0.617. The van der Waals surface area contributed by atoms with Crippen LogP contribution in [0.1, 0.15) is 5.56 Å². The van der Waals surface area contributed by atoms with Crippen LogP contribution in [0.15, 0.2) is 70.7 Å². The van der Waals surface area contributed by atoms with Crippen LogP contribution in [0.4, 0.5) is 8.78 Å². The molecule has 0 unspecified atom stereocenters. The second kappa shape index (κ2) is 6.75. The van der Waals surface area contributed by atoms with E-state index in [-0.39, 0.29) is 16.4 Å². The average Bonchev–Trinajstić information content (AvgIpc) is 2.55. The number of thioether (sulfide) groups is 1. The normalized spacial score (nSPS) is 10.7. The van der Waals surface area contributed by atoms with Gasteiger partial charge >= 0.3 is 0 Å². The second-order valence-electron chi connectivity index (χ2n) is 4.77. The summed E-state index contributed by atoms with van der Waals surface area (Å²) >= 11 is 1.15. The van der Waals surface area contributed by atoms with E-state index in [0.29, 0.717) is 17.0 Å². The van der Waals surface area contributed by atoms with Crippen molar-refractivity contribution in [3.8, 4) is 5.69 Å². The Morgan fingerprint density at radius 2 is 1.91 bits per heavy atom. The summed E-state index contributed by atoms with van der Waals surface area (Å²) in [6.45, 7) is 0. The molecule has 0 aliphatic rings. The Kier molecular flexibility index (Phi) is 4.52. The van der Waals surface area contributed by atoms with E-state index in [1.807, 2.05) is 0 Å². The van der Waals surface area contributed by atoms with Gasteiger partial charge in [-0.25, -0.2) is 13.8 Å². The van der Waals surface area contributed by atoms with Crippen molar-refractivity contribution in [3.05, 3.63) is 88.5 Å². The van der Waals surface area contributed by atoms with Crippen molar-refractivity contribution < 1.29 is 8.78 Å². The van der Waals surface area contributed by atoms with Gasteiger partial charge in [0.2, 0.25) is 0 Å². The van der Waals surface area contributed by atoms with Gasteiger partial charge in [0.25, 0.3) is 5.56 Å². The first-order chi connectivity index (χ1) is 11.1. The van der Waals surface area contributed by atoms with Crippen LogP contribution in [-0.4, -0.2) is 9.55 Å². The fourth-order valence-corrected chi connectivity index (χ4v) is 2.97. The summed E-state index contributed by atoms with van der Waals surface area (Å²) in [7, 11) is 0. The summed E-state index contributed by atoms with van der Waals surface area (Å²) in [6.07, 6.45) is 2.94. The number of hydrogen-bond acceptors (Lipinski definition) is 3. The first-order valence-electron chi connectivity index (χ1n) is 6.85. The topological polar surface area (TPSA) is 34.9 Å². The SMILES string of the molecule is O=c1c(SCc2ccccc2F)nccn1-c1cccc(F)c1. The van der Waals surface area contributed by atoms with Crippen LogP contribution >= 0.6 is 11.8 Å². The zero-order valence-electron chi connectivity index (χ0n) is 11.9. The molecule has 0 aliphatic carbocycles. The van der Waals surface area contributed by atoms with Crippen molar-refractivity contribution in [2.45, 2.75) is 10.8 Å². The number of halogens is 2. The largest absolute Gasteiger partial charge is 0.287 e. The molecule has 0 fully saturated rings. The Hall–Kier alpha value is -2.47. The molecule has 23 heavy (non-hydrogen) atoms. The van der Waals surface area contributed by atoms with Gasteiger partial charge in [-0.1, -0.05) is 36.0 Å². The first kappa shape index (κ1) is 15.4. The maximum atomic E-state index is 13.6. The summed E-state index contributed by atoms with van der Waals surface area (Å²) in [5, 5.41) is 0.236. The number of benzene rings is 2. The zero-order valence-corrected chi connectivity index (χ0v) is 12.8. The van der Waals surface area contributed by atoms with E-state index in [0.717, 1.165) is 11.8 Å². The minimum absolute atomic E-state index is 0.236. The average molecular weight is 330 g/mol. The Morgan fingerprint density at radius 3 is 2.70 bits per heavy atom. The van der Waals surface area contributed by atoms with Crippen molar-refractivity contribution in [1.82, 2.24) is 9.55 Å². The van der Waals surface area contributed by atoms with Gasteiger partial charge in [-0.2, -0.15) is 0 Å². The van der Waals surface area contributed by atoms with E-state index >= 15 is 0 Å². The monoisotopic (exact) mass is 330 g/mol. The van der Waals surface area contributed by atoms with E-state index < -0.39 is 5.82 Å². The van der Waals surface area contributed by atoms with Gasteiger partial charge in [-0.05, 0) is 29.8 Å². The standard InChI is InChI=1S/C17H12F2N2OS/c18-13-5-3-6-14(10-13)21-9-8-20-16(17(21)22)23-11-12-4-1-2-7-15(12)19/h1-10H,11H2. The smallest absolute Gasteiger partial charge is 0.280 e. The third kappa shape index (κ3) is 3.48. The van der Waals surface area contributed by atoms with Crippen LogP contribution in [0.3, 0.4) is 0 Å². The highest BCUT2D eigenvalue weighted by Crippen LogP contribution is 2.20. The molecule has 0 radical (unpaired) electrons. The van der Waals surface area contributed by atoms with Gasteiger partial charge in [-0.3, -0.25) is 9.36 Å². The van der Waals surface area contributed by atoms with Gasteiger partial charge in [0.1, 0.15) is 11.6 Å². The lowest BCUT2D eigenvalue weighted by Gasteiger charge is -2.07. The fraction of sp³-hybridized carbons (Fsp3) is 0.0588. The highest BCUT2D eigenvalue weighted by atomic mass is 32.2. The molecule has 0 bridgehead atoms. The summed E-state index contributed by atoms with van der Waals surface area (Å²) < 4.78 is 28.3. The van der Waals surface area contributed by atoms with Crippen molar-refractivity contribution in [1.29, 1.82) is 0 Å². The quantitative estimate of drug-likeness (QED) is 0.683. The minimum atomic E-state index is -0.424. The second-order valence-corrected chi connectivity index (χ2v) is 5.73. The highest BCUT2D eigenvalue weighted by Gasteiger charge is 2.09. The molecule has 0 atom stereocenters. The molecule has 0 spiro atoms. The summed E-state index contributed by atoms with van der Waals surface area (Å²) in [5.41, 5.74) is 0.560. The third-order valence-corrected chi connectivity index (χ3v) is 4.23. The molecule has 0 saturated heterocycles. The van der Waals surface area contributed by atoms with Gasteiger partial charge in [0, 0.05) is 18.1 Å². The predicted octanol–water partition coefficient (Wildman–Crippen LogP) is 3.80. The molecule has 0 aliphatic heterocycles. The fourth-order valence-electron chi connectivity index (χ4n) is 2.08.